The molecule has 2 nitrogen and oxygen atoms in total. The van der Waals surface area contributed by atoms with E-state index >= 15 is 0 Å². The minimum absolute atomic E-state index is 0.0184. The van der Waals surface area contributed by atoms with Gasteiger partial charge in [-0.3, -0.25) is 4.79 Å². The quantitative estimate of drug-likeness (QED) is 0.820. The summed E-state index contributed by atoms with van der Waals surface area (Å²) < 4.78 is 0. The van der Waals surface area contributed by atoms with Gasteiger partial charge in [0.2, 0.25) is 0 Å². The number of aryl methyl sites for hydroxylation is 2. The SMILES string of the molecule is Cc1ccc(C(=O)NC(CCl)C(C)C)c(C)c1. The zero-order valence-corrected chi connectivity index (χ0v) is 11.6. The summed E-state index contributed by atoms with van der Waals surface area (Å²) >= 11 is 5.84. The van der Waals surface area contributed by atoms with Gasteiger partial charge in [0.05, 0.1) is 0 Å². The Labute approximate surface area is 108 Å². The first-order valence-electron chi connectivity index (χ1n) is 5.89. The van der Waals surface area contributed by atoms with Crippen molar-refractivity contribution in [3.8, 4) is 0 Å². The molecule has 0 spiro atoms. The third-order valence-electron chi connectivity index (χ3n) is 2.91. The van der Waals surface area contributed by atoms with E-state index in [1.165, 1.54) is 0 Å². The molecule has 1 aromatic rings. The first-order valence-corrected chi connectivity index (χ1v) is 6.43. The maximum Gasteiger partial charge on any atom is 0.251 e. The van der Waals surface area contributed by atoms with E-state index in [2.05, 4.69) is 19.2 Å². The maximum absolute atomic E-state index is 12.1. The second-order valence-corrected chi connectivity index (χ2v) is 5.11. The Hall–Kier alpha value is -1.02. The molecule has 0 aliphatic heterocycles. The summed E-state index contributed by atoms with van der Waals surface area (Å²) in [6.45, 7) is 8.07. The number of halogens is 1. The lowest BCUT2D eigenvalue weighted by molar-refractivity contribution is 0.0930. The van der Waals surface area contributed by atoms with Crippen molar-refractivity contribution in [2.24, 2.45) is 5.92 Å². The number of alkyl halides is 1. The largest absolute Gasteiger partial charge is 0.348 e. The Morgan fingerprint density at radius 1 is 1.35 bits per heavy atom. The number of benzene rings is 1. The standard InChI is InChI=1S/C14H20ClNO/c1-9(2)13(8-15)16-14(17)12-6-5-10(3)7-11(12)4/h5-7,9,13H,8H2,1-4H3,(H,16,17). The first kappa shape index (κ1) is 14.0. The lowest BCUT2D eigenvalue weighted by atomic mass is 10.0. The molecule has 0 saturated carbocycles. The fourth-order valence-electron chi connectivity index (χ4n) is 1.70. The Balaban J connectivity index is 2.82. The van der Waals surface area contributed by atoms with Gasteiger partial charge in [0.15, 0.2) is 0 Å². The van der Waals surface area contributed by atoms with Crippen LogP contribution < -0.4 is 5.32 Å². The molecule has 94 valence electrons. The number of nitrogens with one attached hydrogen (secondary N) is 1. The maximum atomic E-state index is 12.1. The van der Waals surface area contributed by atoms with E-state index in [1.807, 2.05) is 32.0 Å². The number of carbonyl (C=O) groups excluding carboxylic acids is 1. The average Bonchev–Trinajstić information content (AvgIpc) is 2.24. The van der Waals surface area contributed by atoms with E-state index in [4.69, 9.17) is 11.6 Å². The van der Waals surface area contributed by atoms with Crippen LogP contribution in [-0.4, -0.2) is 17.8 Å². The van der Waals surface area contributed by atoms with E-state index < -0.39 is 0 Å². The van der Waals surface area contributed by atoms with Crippen LogP contribution in [-0.2, 0) is 0 Å². The fourth-order valence-corrected chi connectivity index (χ4v) is 2.13. The zero-order chi connectivity index (χ0) is 13.0. The zero-order valence-electron chi connectivity index (χ0n) is 10.9. The van der Waals surface area contributed by atoms with Crippen molar-refractivity contribution >= 4 is 17.5 Å². The van der Waals surface area contributed by atoms with Crippen LogP contribution in [0.2, 0.25) is 0 Å². The molecular formula is C14H20ClNO. The van der Waals surface area contributed by atoms with E-state index in [9.17, 15) is 4.79 Å². The molecular weight excluding hydrogens is 234 g/mol. The number of amides is 1. The van der Waals surface area contributed by atoms with Gasteiger partial charge >= 0.3 is 0 Å². The van der Waals surface area contributed by atoms with Crippen LogP contribution in [0.15, 0.2) is 18.2 Å². The minimum Gasteiger partial charge on any atom is -0.348 e. The van der Waals surface area contributed by atoms with Crippen LogP contribution in [0.3, 0.4) is 0 Å². The molecule has 1 amide bonds. The molecule has 0 heterocycles. The van der Waals surface area contributed by atoms with Crippen LogP contribution in [0.4, 0.5) is 0 Å². The van der Waals surface area contributed by atoms with Crippen molar-refractivity contribution in [1.29, 1.82) is 0 Å². The van der Waals surface area contributed by atoms with E-state index in [0.29, 0.717) is 11.8 Å². The summed E-state index contributed by atoms with van der Waals surface area (Å²) in [5, 5.41) is 2.97. The molecule has 0 aromatic heterocycles. The summed E-state index contributed by atoms with van der Waals surface area (Å²) in [5.74, 6) is 0.734. The summed E-state index contributed by atoms with van der Waals surface area (Å²) in [7, 11) is 0. The van der Waals surface area contributed by atoms with Crippen molar-refractivity contribution in [1.82, 2.24) is 5.32 Å². The van der Waals surface area contributed by atoms with Gasteiger partial charge in [-0.25, -0.2) is 0 Å². The van der Waals surface area contributed by atoms with Gasteiger partial charge < -0.3 is 5.32 Å². The van der Waals surface area contributed by atoms with Gasteiger partial charge in [0.1, 0.15) is 0 Å². The molecule has 1 N–H and O–H groups in total. The monoisotopic (exact) mass is 253 g/mol. The molecule has 0 fully saturated rings. The van der Waals surface area contributed by atoms with Gasteiger partial charge in [-0.15, -0.1) is 11.6 Å². The van der Waals surface area contributed by atoms with Crippen LogP contribution in [0.1, 0.15) is 35.3 Å². The molecule has 1 atom stereocenters. The van der Waals surface area contributed by atoms with E-state index in [-0.39, 0.29) is 11.9 Å². The average molecular weight is 254 g/mol. The van der Waals surface area contributed by atoms with Crippen molar-refractivity contribution in [3.63, 3.8) is 0 Å². The summed E-state index contributed by atoms with van der Waals surface area (Å²) in [4.78, 5) is 12.1. The van der Waals surface area contributed by atoms with Gasteiger partial charge in [0, 0.05) is 17.5 Å². The van der Waals surface area contributed by atoms with Crippen molar-refractivity contribution in [3.05, 3.63) is 34.9 Å². The smallest absolute Gasteiger partial charge is 0.251 e. The van der Waals surface area contributed by atoms with E-state index in [0.717, 1.165) is 16.7 Å². The Kier molecular flexibility index (Phi) is 5.01. The van der Waals surface area contributed by atoms with Crippen LogP contribution in [0.25, 0.3) is 0 Å². The predicted octanol–water partition coefficient (Wildman–Crippen LogP) is 3.30. The Morgan fingerprint density at radius 3 is 2.47 bits per heavy atom. The van der Waals surface area contributed by atoms with Crippen LogP contribution >= 0.6 is 11.6 Å². The van der Waals surface area contributed by atoms with Gasteiger partial charge in [-0.2, -0.15) is 0 Å². The van der Waals surface area contributed by atoms with Crippen molar-refractivity contribution in [2.45, 2.75) is 33.7 Å². The third kappa shape index (κ3) is 3.74. The fraction of sp³-hybridized carbons (Fsp3) is 0.500. The predicted molar refractivity (Wildman–Crippen MR) is 72.7 cm³/mol. The molecule has 1 aromatic carbocycles. The first-order chi connectivity index (χ1) is 7.95. The normalized spacial score (nSPS) is 12.6. The number of hydrogen-bond donors (Lipinski definition) is 1. The Bertz CT molecular complexity index is 401. The summed E-state index contributed by atoms with van der Waals surface area (Å²) in [6.07, 6.45) is 0. The highest BCUT2D eigenvalue weighted by atomic mass is 35.5. The lowest BCUT2D eigenvalue weighted by Crippen LogP contribution is -2.40. The third-order valence-corrected chi connectivity index (χ3v) is 3.25. The molecule has 1 unspecified atom stereocenters. The highest BCUT2D eigenvalue weighted by Crippen LogP contribution is 2.12. The second-order valence-electron chi connectivity index (χ2n) is 4.80. The van der Waals surface area contributed by atoms with Crippen LogP contribution in [0.5, 0.6) is 0 Å². The van der Waals surface area contributed by atoms with Crippen molar-refractivity contribution in [2.75, 3.05) is 5.88 Å². The molecule has 0 radical (unpaired) electrons. The topological polar surface area (TPSA) is 29.1 Å². The summed E-state index contributed by atoms with van der Waals surface area (Å²) in [6, 6.07) is 5.85. The lowest BCUT2D eigenvalue weighted by Gasteiger charge is -2.20. The second kappa shape index (κ2) is 6.06. The number of rotatable bonds is 4. The minimum atomic E-state index is -0.0400. The van der Waals surface area contributed by atoms with Crippen LogP contribution in [0, 0.1) is 19.8 Å². The molecule has 3 heteroatoms. The summed E-state index contributed by atoms with van der Waals surface area (Å²) in [5.41, 5.74) is 2.89. The van der Waals surface area contributed by atoms with Gasteiger partial charge in [0.25, 0.3) is 5.91 Å². The van der Waals surface area contributed by atoms with Gasteiger partial charge in [-0.05, 0) is 31.4 Å². The molecule has 0 aliphatic rings. The van der Waals surface area contributed by atoms with Crippen molar-refractivity contribution < 1.29 is 4.79 Å². The molecule has 0 bridgehead atoms. The highest BCUT2D eigenvalue weighted by Gasteiger charge is 2.17. The molecule has 0 saturated heterocycles. The molecule has 0 aliphatic carbocycles. The Morgan fingerprint density at radius 2 is 2.00 bits per heavy atom. The van der Waals surface area contributed by atoms with E-state index in [1.54, 1.807) is 0 Å². The molecule has 1 rings (SSSR count). The highest BCUT2D eigenvalue weighted by molar-refractivity contribution is 6.18. The van der Waals surface area contributed by atoms with Gasteiger partial charge in [-0.1, -0.05) is 31.5 Å². The molecule has 17 heavy (non-hydrogen) atoms. The number of carbonyl (C=O) groups is 1. The number of hydrogen-bond acceptors (Lipinski definition) is 1.